The van der Waals surface area contributed by atoms with Crippen LogP contribution in [0.2, 0.25) is 0 Å². The van der Waals surface area contributed by atoms with Gasteiger partial charge in [0.2, 0.25) is 0 Å². The van der Waals surface area contributed by atoms with Crippen molar-refractivity contribution in [2.24, 2.45) is 5.73 Å². The molecule has 0 saturated heterocycles. The van der Waals surface area contributed by atoms with Crippen molar-refractivity contribution in [1.29, 1.82) is 0 Å². The molecule has 0 aliphatic carbocycles. The maximum Gasteiger partial charge on any atom is 0.405 e. The lowest BCUT2D eigenvalue weighted by molar-refractivity contribution is 0.191. The van der Waals surface area contributed by atoms with Crippen LogP contribution in [0.15, 0.2) is 24.3 Å². The van der Waals surface area contributed by atoms with Crippen molar-refractivity contribution in [3.63, 3.8) is 0 Å². The lowest BCUT2D eigenvalue weighted by Crippen LogP contribution is -2.24. The third-order valence-electron chi connectivity index (χ3n) is 1.99. The van der Waals surface area contributed by atoms with Gasteiger partial charge in [-0.3, -0.25) is 0 Å². The van der Waals surface area contributed by atoms with Crippen molar-refractivity contribution in [3.05, 3.63) is 29.8 Å². The monoisotopic (exact) mass is 239 g/mol. The number of benzene rings is 1. The van der Waals surface area contributed by atoms with Crippen molar-refractivity contribution in [3.8, 4) is 0 Å². The first-order valence-electron chi connectivity index (χ1n) is 4.65. The quantitative estimate of drug-likeness (QED) is 0.603. The molecule has 5 nitrogen and oxygen atoms in total. The summed E-state index contributed by atoms with van der Waals surface area (Å²) in [5.41, 5.74) is 6.92. The van der Waals surface area contributed by atoms with Crippen LogP contribution in [-0.4, -0.2) is 16.3 Å². The van der Waals surface area contributed by atoms with Crippen molar-refractivity contribution in [2.75, 3.05) is 5.32 Å². The second kappa shape index (κ2) is 5.32. The topological polar surface area (TPSA) is 87.4 Å². The summed E-state index contributed by atoms with van der Waals surface area (Å²) in [4.78, 5) is 10.5. The van der Waals surface area contributed by atoms with Gasteiger partial charge in [-0.15, -0.1) is 0 Å². The van der Waals surface area contributed by atoms with Crippen LogP contribution in [0.4, 0.5) is 10.5 Å². The van der Waals surface area contributed by atoms with E-state index in [0.29, 0.717) is 0 Å². The van der Waals surface area contributed by atoms with Crippen LogP contribution in [0.5, 0.6) is 0 Å². The lowest BCUT2D eigenvalue weighted by Gasteiger charge is -2.13. The number of amides is 1. The highest BCUT2D eigenvalue weighted by atomic mass is 32.1. The van der Waals surface area contributed by atoms with Gasteiger partial charge in [0, 0.05) is 5.69 Å². The molecule has 1 atom stereocenters. The molecular weight excluding hydrogens is 226 g/mol. The second-order valence-electron chi connectivity index (χ2n) is 3.29. The molecule has 16 heavy (non-hydrogen) atoms. The van der Waals surface area contributed by atoms with E-state index in [-0.39, 0.29) is 11.2 Å². The van der Waals surface area contributed by atoms with Gasteiger partial charge in [0.15, 0.2) is 5.11 Å². The first-order valence-corrected chi connectivity index (χ1v) is 5.05. The average molecular weight is 239 g/mol. The standard InChI is InChI=1S/C10H13N3O2S/c1-6(12-10(14)15)7-3-2-4-8(5-7)13-9(11)16/h2-6,12H,1H3,(H,14,15)(H3,11,13,16). The van der Waals surface area contributed by atoms with Gasteiger partial charge in [0.1, 0.15) is 0 Å². The van der Waals surface area contributed by atoms with Gasteiger partial charge in [0.05, 0.1) is 6.04 Å². The Morgan fingerprint density at radius 2 is 2.25 bits per heavy atom. The molecule has 0 aromatic heterocycles. The Labute approximate surface area is 98.6 Å². The number of hydrogen-bond donors (Lipinski definition) is 4. The van der Waals surface area contributed by atoms with Gasteiger partial charge in [-0.05, 0) is 36.8 Å². The number of rotatable bonds is 3. The number of hydrogen-bond acceptors (Lipinski definition) is 2. The summed E-state index contributed by atoms with van der Waals surface area (Å²) in [5.74, 6) is 0. The number of anilines is 1. The van der Waals surface area contributed by atoms with Crippen LogP contribution < -0.4 is 16.4 Å². The van der Waals surface area contributed by atoms with E-state index < -0.39 is 6.09 Å². The summed E-state index contributed by atoms with van der Waals surface area (Å²) in [6.45, 7) is 1.76. The highest BCUT2D eigenvalue weighted by molar-refractivity contribution is 7.80. The summed E-state index contributed by atoms with van der Waals surface area (Å²) in [5, 5.41) is 13.9. The predicted molar refractivity (Wildman–Crippen MR) is 66.4 cm³/mol. The zero-order chi connectivity index (χ0) is 12.1. The maximum absolute atomic E-state index is 10.5. The minimum absolute atomic E-state index is 0.177. The van der Waals surface area contributed by atoms with Crippen LogP contribution in [0, 0.1) is 0 Å². The molecule has 6 heteroatoms. The zero-order valence-electron chi connectivity index (χ0n) is 8.73. The van der Waals surface area contributed by atoms with E-state index in [0.717, 1.165) is 11.3 Å². The Bertz CT molecular complexity index is 409. The van der Waals surface area contributed by atoms with Crippen LogP contribution >= 0.6 is 12.2 Å². The van der Waals surface area contributed by atoms with E-state index in [1.807, 2.05) is 6.07 Å². The second-order valence-corrected chi connectivity index (χ2v) is 3.73. The molecule has 0 saturated carbocycles. The number of carbonyl (C=O) groups is 1. The van der Waals surface area contributed by atoms with Gasteiger partial charge in [-0.1, -0.05) is 12.1 Å². The Kier molecular flexibility index (Phi) is 4.07. The van der Waals surface area contributed by atoms with Crippen LogP contribution in [-0.2, 0) is 0 Å². The third-order valence-corrected chi connectivity index (χ3v) is 2.10. The van der Waals surface area contributed by atoms with Gasteiger partial charge in [0.25, 0.3) is 0 Å². The molecule has 1 aromatic carbocycles. The Morgan fingerprint density at radius 3 is 2.81 bits per heavy atom. The SMILES string of the molecule is CC(NC(=O)O)c1cccc(NC(N)=S)c1. The fraction of sp³-hybridized carbons (Fsp3) is 0.200. The average Bonchev–Trinajstić information content (AvgIpc) is 2.16. The van der Waals surface area contributed by atoms with E-state index in [1.165, 1.54) is 0 Å². The van der Waals surface area contributed by atoms with Gasteiger partial charge < -0.3 is 21.5 Å². The van der Waals surface area contributed by atoms with Crippen molar-refractivity contribution in [1.82, 2.24) is 5.32 Å². The first kappa shape index (κ1) is 12.3. The number of carboxylic acid groups (broad SMARTS) is 1. The van der Waals surface area contributed by atoms with Gasteiger partial charge in [-0.25, -0.2) is 4.79 Å². The predicted octanol–water partition coefficient (Wildman–Crippen LogP) is 1.67. The lowest BCUT2D eigenvalue weighted by atomic mass is 10.1. The summed E-state index contributed by atoms with van der Waals surface area (Å²) < 4.78 is 0. The van der Waals surface area contributed by atoms with Crippen molar-refractivity contribution in [2.45, 2.75) is 13.0 Å². The Hall–Kier alpha value is -1.82. The van der Waals surface area contributed by atoms with Crippen LogP contribution in [0.1, 0.15) is 18.5 Å². The smallest absolute Gasteiger partial charge is 0.405 e. The molecule has 86 valence electrons. The van der Waals surface area contributed by atoms with E-state index in [9.17, 15) is 4.79 Å². The molecule has 0 fully saturated rings. The molecule has 0 spiro atoms. The largest absolute Gasteiger partial charge is 0.465 e. The summed E-state index contributed by atoms with van der Waals surface area (Å²) in [6, 6.07) is 6.93. The third kappa shape index (κ3) is 3.74. The minimum Gasteiger partial charge on any atom is -0.465 e. The zero-order valence-corrected chi connectivity index (χ0v) is 9.54. The van der Waals surface area contributed by atoms with Crippen molar-refractivity contribution >= 4 is 29.1 Å². The van der Waals surface area contributed by atoms with Crippen molar-refractivity contribution < 1.29 is 9.90 Å². The summed E-state index contributed by atoms with van der Waals surface area (Å²) >= 11 is 4.71. The molecule has 1 aromatic rings. The molecule has 5 N–H and O–H groups in total. The van der Waals surface area contributed by atoms with Gasteiger partial charge in [-0.2, -0.15) is 0 Å². The maximum atomic E-state index is 10.5. The fourth-order valence-electron chi connectivity index (χ4n) is 1.30. The number of nitrogens with two attached hydrogens (primary N) is 1. The molecule has 1 amide bonds. The fourth-order valence-corrected chi connectivity index (χ4v) is 1.41. The first-order chi connectivity index (χ1) is 7.49. The normalized spacial score (nSPS) is 11.6. The molecule has 0 heterocycles. The molecule has 0 aliphatic rings. The number of thiocarbonyl (C=S) groups is 1. The van der Waals surface area contributed by atoms with Gasteiger partial charge >= 0.3 is 6.09 Å². The van der Waals surface area contributed by atoms with E-state index in [1.54, 1.807) is 25.1 Å². The molecule has 0 radical (unpaired) electrons. The molecular formula is C10H13N3O2S. The van der Waals surface area contributed by atoms with Crippen LogP contribution in [0.25, 0.3) is 0 Å². The Morgan fingerprint density at radius 1 is 1.56 bits per heavy atom. The van der Waals surface area contributed by atoms with E-state index >= 15 is 0 Å². The van der Waals surface area contributed by atoms with Crippen LogP contribution in [0.3, 0.4) is 0 Å². The highest BCUT2D eigenvalue weighted by Crippen LogP contribution is 2.17. The summed E-state index contributed by atoms with van der Waals surface area (Å²) in [6.07, 6.45) is -1.06. The van der Waals surface area contributed by atoms with E-state index in [4.69, 9.17) is 23.1 Å². The summed E-state index contributed by atoms with van der Waals surface area (Å²) in [7, 11) is 0. The number of nitrogens with one attached hydrogen (secondary N) is 2. The highest BCUT2D eigenvalue weighted by Gasteiger charge is 2.08. The minimum atomic E-state index is -1.06. The Balaban J connectivity index is 2.80. The molecule has 0 bridgehead atoms. The molecule has 1 rings (SSSR count). The molecule has 0 aliphatic heterocycles. The van der Waals surface area contributed by atoms with E-state index in [2.05, 4.69) is 10.6 Å². The molecule has 1 unspecified atom stereocenters.